The number of aryl methyl sites for hydroxylation is 1. The third kappa shape index (κ3) is 5.53. The molecule has 1 unspecified atom stereocenters. The largest absolute Gasteiger partial charge is 0.368 e. The number of pyridine rings is 1. The summed E-state index contributed by atoms with van der Waals surface area (Å²) in [5.41, 5.74) is 8.61. The number of hydrogen-bond acceptors (Lipinski definition) is 5. The van der Waals surface area contributed by atoms with Gasteiger partial charge in [0.2, 0.25) is 11.8 Å². The number of rotatable bonds is 8. The van der Waals surface area contributed by atoms with E-state index in [1.54, 1.807) is 43.6 Å². The number of carbonyl (C=O) groups excluding carboxylic acids is 3. The van der Waals surface area contributed by atoms with E-state index in [9.17, 15) is 14.4 Å². The van der Waals surface area contributed by atoms with Gasteiger partial charge in [-0.25, -0.2) is 0 Å². The van der Waals surface area contributed by atoms with Gasteiger partial charge in [-0.15, -0.1) is 0 Å². The number of nitrogens with one attached hydrogen (secondary N) is 2. The Morgan fingerprint density at radius 1 is 1.19 bits per heavy atom. The summed E-state index contributed by atoms with van der Waals surface area (Å²) in [4.78, 5) is 41.6. The molecule has 0 saturated heterocycles. The lowest BCUT2D eigenvalue weighted by molar-refractivity contribution is -0.121. The van der Waals surface area contributed by atoms with Crippen molar-refractivity contribution in [3.05, 3.63) is 66.1 Å². The standard InChI is InChI=1S/C22H24N6O3/c1-14(21(23)30)28(2)22(31)15-5-3-7-17(11-15)25-20(29)9-8-18-12-19(27-26-18)16-6-4-10-24-13-16/h3-7,10-14H,8-9H2,1-2H3,(H2,23,30)(H,25,29)(H,26,27). The van der Waals surface area contributed by atoms with Crippen LogP contribution < -0.4 is 11.1 Å². The fourth-order valence-electron chi connectivity index (χ4n) is 2.92. The van der Waals surface area contributed by atoms with Crippen molar-refractivity contribution in [1.29, 1.82) is 0 Å². The van der Waals surface area contributed by atoms with Crippen LogP contribution in [0.25, 0.3) is 11.3 Å². The van der Waals surface area contributed by atoms with Crippen LogP contribution in [-0.2, 0) is 16.0 Å². The molecule has 9 heteroatoms. The number of H-pyrrole nitrogens is 1. The van der Waals surface area contributed by atoms with Crippen molar-refractivity contribution in [2.24, 2.45) is 5.73 Å². The Kier molecular flexibility index (Phi) is 6.76. The molecule has 2 heterocycles. The lowest BCUT2D eigenvalue weighted by Crippen LogP contribution is -2.43. The summed E-state index contributed by atoms with van der Waals surface area (Å²) in [6, 6.07) is 11.5. The zero-order valence-electron chi connectivity index (χ0n) is 17.3. The highest BCUT2D eigenvalue weighted by Gasteiger charge is 2.21. The Hall–Kier alpha value is -4.01. The minimum absolute atomic E-state index is 0.194. The predicted octanol–water partition coefficient (Wildman–Crippen LogP) is 1.99. The second kappa shape index (κ2) is 9.66. The van der Waals surface area contributed by atoms with Gasteiger partial charge in [-0.05, 0) is 49.7 Å². The molecule has 0 bridgehead atoms. The third-order valence-corrected chi connectivity index (χ3v) is 4.92. The second-order valence-corrected chi connectivity index (χ2v) is 7.14. The Balaban J connectivity index is 1.58. The third-order valence-electron chi connectivity index (χ3n) is 4.92. The van der Waals surface area contributed by atoms with Gasteiger partial charge in [0.05, 0.1) is 5.69 Å². The quantitative estimate of drug-likeness (QED) is 0.512. The number of likely N-dealkylation sites (N-methyl/N-ethyl adjacent to an activating group) is 1. The van der Waals surface area contributed by atoms with Crippen LogP contribution in [-0.4, -0.2) is 50.9 Å². The number of primary amides is 1. The molecule has 4 N–H and O–H groups in total. The van der Waals surface area contributed by atoms with Crippen LogP contribution in [0.3, 0.4) is 0 Å². The van der Waals surface area contributed by atoms with E-state index < -0.39 is 11.9 Å². The Labute approximate surface area is 179 Å². The van der Waals surface area contributed by atoms with Gasteiger partial charge in [-0.3, -0.25) is 24.5 Å². The van der Waals surface area contributed by atoms with Gasteiger partial charge in [0.25, 0.3) is 5.91 Å². The number of anilines is 1. The molecule has 0 spiro atoms. The van der Waals surface area contributed by atoms with Crippen LogP contribution in [0.15, 0.2) is 54.9 Å². The van der Waals surface area contributed by atoms with Gasteiger partial charge in [0, 0.05) is 48.4 Å². The van der Waals surface area contributed by atoms with Crippen molar-refractivity contribution in [3.63, 3.8) is 0 Å². The molecule has 3 aromatic rings. The van der Waals surface area contributed by atoms with Crippen molar-refractivity contribution >= 4 is 23.4 Å². The van der Waals surface area contributed by atoms with Gasteiger partial charge in [-0.2, -0.15) is 5.10 Å². The lowest BCUT2D eigenvalue weighted by Gasteiger charge is -2.22. The van der Waals surface area contributed by atoms with E-state index in [4.69, 9.17) is 5.73 Å². The Morgan fingerprint density at radius 3 is 2.71 bits per heavy atom. The van der Waals surface area contributed by atoms with Gasteiger partial charge in [0.1, 0.15) is 6.04 Å². The van der Waals surface area contributed by atoms with Crippen molar-refractivity contribution in [2.75, 3.05) is 12.4 Å². The molecule has 0 saturated carbocycles. The fourth-order valence-corrected chi connectivity index (χ4v) is 2.92. The van der Waals surface area contributed by atoms with Crippen LogP contribution in [0.5, 0.6) is 0 Å². The summed E-state index contributed by atoms with van der Waals surface area (Å²) in [5.74, 6) is -1.14. The summed E-state index contributed by atoms with van der Waals surface area (Å²) in [6.45, 7) is 1.56. The summed E-state index contributed by atoms with van der Waals surface area (Å²) in [7, 11) is 1.51. The molecule has 0 aliphatic rings. The lowest BCUT2D eigenvalue weighted by atomic mass is 10.1. The molecule has 2 aromatic heterocycles. The second-order valence-electron chi connectivity index (χ2n) is 7.14. The molecule has 1 aromatic carbocycles. The number of nitrogens with zero attached hydrogens (tertiary/aromatic N) is 3. The topological polar surface area (TPSA) is 134 Å². The maximum Gasteiger partial charge on any atom is 0.254 e. The minimum Gasteiger partial charge on any atom is -0.368 e. The molecule has 0 radical (unpaired) electrons. The molecular weight excluding hydrogens is 396 g/mol. The van der Waals surface area contributed by atoms with Gasteiger partial charge in [-0.1, -0.05) is 6.07 Å². The van der Waals surface area contributed by atoms with E-state index in [1.165, 1.54) is 11.9 Å². The smallest absolute Gasteiger partial charge is 0.254 e. The molecule has 0 aliphatic heterocycles. The first kappa shape index (κ1) is 21.7. The number of amides is 3. The molecule has 9 nitrogen and oxygen atoms in total. The van der Waals surface area contributed by atoms with E-state index in [1.807, 2.05) is 18.2 Å². The normalized spacial score (nSPS) is 11.5. The van der Waals surface area contributed by atoms with E-state index in [0.29, 0.717) is 17.7 Å². The van der Waals surface area contributed by atoms with Crippen molar-refractivity contribution in [2.45, 2.75) is 25.8 Å². The van der Waals surface area contributed by atoms with Gasteiger partial charge >= 0.3 is 0 Å². The van der Waals surface area contributed by atoms with Crippen LogP contribution >= 0.6 is 0 Å². The Bertz CT molecular complexity index is 1080. The molecule has 160 valence electrons. The van der Waals surface area contributed by atoms with E-state index in [0.717, 1.165) is 17.0 Å². The maximum absolute atomic E-state index is 12.5. The number of carbonyl (C=O) groups is 3. The van der Waals surface area contributed by atoms with E-state index in [2.05, 4.69) is 20.5 Å². The van der Waals surface area contributed by atoms with Crippen LogP contribution in [0.2, 0.25) is 0 Å². The Morgan fingerprint density at radius 2 is 2.00 bits per heavy atom. The van der Waals surface area contributed by atoms with E-state index >= 15 is 0 Å². The summed E-state index contributed by atoms with van der Waals surface area (Å²) in [6.07, 6.45) is 4.14. The first-order chi connectivity index (χ1) is 14.8. The highest BCUT2D eigenvalue weighted by molar-refractivity contribution is 5.99. The number of benzene rings is 1. The molecule has 3 amide bonds. The number of aromatic nitrogens is 3. The van der Waals surface area contributed by atoms with Crippen LogP contribution in [0.1, 0.15) is 29.4 Å². The molecule has 31 heavy (non-hydrogen) atoms. The number of aromatic amines is 1. The highest BCUT2D eigenvalue weighted by atomic mass is 16.2. The number of nitrogens with two attached hydrogens (primary N) is 1. The van der Waals surface area contributed by atoms with Gasteiger partial charge < -0.3 is 16.0 Å². The minimum atomic E-state index is -0.739. The molecule has 1 atom stereocenters. The maximum atomic E-state index is 12.5. The zero-order chi connectivity index (χ0) is 22.4. The first-order valence-electron chi connectivity index (χ1n) is 9.76. The van der Waals surface area contributed by atoms with Gasteiger partial charge in [0.15, 0.2) is 0 Å². The fraction of sp³-hybridized carbons (Fsp3) is 0.227. The van der Waals surface area contributed by atoms with Crippen LogP contribution in [0.4, 0.5) is 5.69 Å². The molecule has 0 fully saturated rings. The zero-order valence-corrected chi connectivity index (χ0v) is 17.3. The van der Waals surface area contributed by atoms with Crippen molar-refractivity contribution in [1.82, 2.24) is 20.1 Å². The average Bonchev–Trinajstić information content (AvgIpc) is 3.26. The van der Waals surface area contributed by atoms with E-state index in [-0.39, 0.29) is 18.2 Å². The number of hydrogen-bond donors (Lipinski definition) is 3. The summed E-state index contributed by atoms with van der Waals surface area (Å²) < 4.78 is 0. The highest BCUT2D eigenvalue weighted by Crippen LogP contribution is 2.17. The van der Waals surface area contributed by atoms with Crippen LogP contribution in [0, 0.1) is 0 Å². The molecule has 3 rings (SSSR count). The average molecular weight is 420 g/mol. The summed E-state index contributed by atoms with van der Waals surface area (Å²) >= 11 is 0. The summed E-state index contributed by atoms with van der Waals surface area (Å²) in [5, 5.41) is 9.98. The predicted molar refractivity (Wildman–Crippen MR) is 116 cm³/mol. The van der Waals surface area contributed by atoms with Crippen molar-refractivity contribution < 1.29 is 14.4 Å². The molecule has 0 aliphatic carbocycles. The SMILES string of the molecule is CC(C(N)=O)N(C)C(=O)c1cccc(NC(=O)CCc2cc(-c3cccnc3)n[nH]2)c1. The first-order valence-corrected chi connectivity index (χ1v) is 9.76. The van der Waals surface area contributed by atoms with Crippen molar-refractivity contribution in [3.8, 4) is 11.3 Å². The molecular formula is C22H24N6O3. The monoisotopic (exact) mass is 420 g/mol.